The highest BCUT2D eigenvalue weighted by Crippen LogP contribution is 2.34. The van der Waals surface area contributed by atoms with Gasteiger partial charge in [-0.1, -0.05) is 17.7 Å². The Bertz CT molecular complexity index is 746. The molecule has 1 aliphatic heterocycles. The number of rotatable bonds is 3. The molecule has 114 valence electrons. The van der Waals surface area contributed by atoms with Crippen LogP contribution in [0.1, 0.15) is 31.2 Å². The first-order chi connectivity index (χ1) is 10.0. The van der Waals surface area contributed by atoms with Crippen molar-refractivity contribution in [2.24, 2.45) is 0 Å². The van der Waals surface area contributed by atoms with Crippen molar-refractivity contribution in [3.8, 4) is 0 Å². The van der Waals surface area contributed by atoms with Crippen molar-refractivity contribution in [1.82, 2.24) is 9.29 Å². The van der Waals surface area contributed by atoms with Crippen molar-refractivity contribution in [3.63, 3.8) is 0 Å². The van der Waals surface area contributed by atoms with E-state index < -0.39 is 10.0 Å². The summed E-state index contributed by atoms with van der Waals surface area (Å²) in [6.07, 6.45) is 3.78. The van der Waals surface area contributed by atoms with Gasteiger partial charge in [0.1, 0.15) is 0 Å². The molecule has 0 amide bonds. The van der Waals surface area contributed by atoms with Gasteiger partial charge < -0.3 is 4.98 Å². The number of hydrogen-bond acceptors (Lipinski definition) is 2. The first-order valence-corrected chi connectivity index (χ1v) is 9.24. The Balaban J connectivity index is 1.80. The summed E-state index contributed by atoms with van der Waals surface area (Å²) in [4.78, 5) is 3.26. The number of sulfonamides is 1. The standard InChI is InChI=1S/C15H19ClN2O2S/c1-2-21(19,20)18-7-5-11(6-8-18)14-10-17-15-9-12(16)3-4-13(14)15/h3-4,9-11,17H,2,5-8H2,1H3. The molecule has 4 nitrogen and oxygen atoms in total. The number of aromatic nitrogens is 1. The van der Waals surface area contributed by atoms with Gasteiger partial charge >= 0.3 is 0 Å². The predicted molar refractivity (Wildman–Crippen MR) is 86.3 cm³/mol. The second-order valence-corrected chi connectivity index (χ2v) is 8.20. The van der Waals surface area contributed by atoms with Crippen LogP contribution in [0.25, 0.3) is 10.9 Å². The van der Waals surface area contributed by atoms with Crippen LogP contribution < -0.4 is 0 Å². The number of benzene rings is 1. The fourth-order valence-electron chi connectivity index (χ4n) is 3.09. The molecule has 1 fully saturated rings. The molecule has 0 atom stereocenters. The smallest absolute Gasteiger partial charge is 0.213 e. The quantitative estimate of drug-likeness (QED) is 0.940. The van der Waals surface area contributed by atoms with Gasteiger partial charge in [-0.2, -0.15) is 0 Å². The molecule has 0 saturated carbocycles. The van der Waals surface area contributed by atoms with Gasteiger partial charge in [-0.3, -0.25) is 0 Å². The zero-order valence-electron chi connectivity index (χ0n) is 12.0. The van der Waals surface area contributed by atoms with E-state index in [1.54, 1.807) is 11.2 Å². The molecule has 0 spiro atoms. The molecule has 3 rings (SSSR count). The maximum absolute atomic E-state index is 11.9. The summed E-state index contributed by atoms with van der Waals surface area (Å²) in [5.74, 6) is 0.590. The van der Waals surface area contributed by atoms with Gasteiger partial charge in [-0.25, -0.2) is 12.7 Å². The van der Waals surface area contributed by atoms with E-state index in [1.807, 2.05) is 24.4 Å². The molecule has 1 aromatic heterocycles. The molecule has 0 aliphatic carbocycles. The van der Waals surface area contributed by atoms with E-state index in [4.69, 9.17) is 11.6 Å². The summed E-state index contributed by atoms with van der Waals surface area (Å²) in [6.45, 7) is 2.92. The Kier molecular flexibility index (Phi) is 3.99. The largest absolute Gasteiger partial charge is 0.361 e. The first-order valence-electron chi connectivity index (χ1n) is 7.25. The fraction of sp³-hybridized carbons (Fsp3) is 0.467. The lowest BCUT2D eigenvalue weighted by Crippen LogP contribution is -2.38. The number of aromatic amines is 1. The summed E-state index contributed by atoms with van der Waals surface area (Å²) >= 11 is 6.01. The van der Waals surface area contributed by atoms with E-state index in [9.17, 15) is 8.42 Å². The van der Waals surface area contributed by atoms with Crippen molar-refractivity contribution in [2.75, 3.05) is 18.8 Å². The number of hydrogen-bond donors (Lipinski definition) is 1. The van der Waals surface area contributed by atoms with Crippen molar-refractivity contribution in [3.05, 3.63) is 35.0 Å². The van der Waals surface area contributed by atoms with Gasteiger partial charge in [0, 0.05) is 35.2 Å². The zero-order chi connectivity index (χ0) is 15.0. The van der Waals surface area contributed by atoms with Gasteiger partial charge in [0.2, 0.25) is 10.0 Å². The van der Waals surface area contributed by atoms with E-state index in [1.165, 1.54) is 10.9 Å². The van der Waals surface area contributed by atoms with Crippen LogP contribution in [0.3, 0.4) is 0 Å². The van der Waals surface area contributed by atoms with E-state index in [0.29, 0.717) is 19.0 Å². The lowest BCUT2D eigenvalue weighted by Gasteiger charge is -2.30. The molecule has 1 N–H and O–H groups in total. The van der Waals surface area contributed by atoms with Gasteiger partial charge in [0.15, 0.2) is 0 Å². The lowest BCUT2D eigenvalue weighted by atomic mass is 9.90. The van der Waals surface area contributed by atoms with Gasteiger partial charge in [-0.15, -0.1) is 0 Å². The normalized spacial score (nSPS) is 18.4. The third-order valence-corrected chi connectivity index (χ3v) is 6.44. The Hall–Kier alpha value is -1.04. The number of piperidine rings is 1. The minimum Gasteiger partial charge on any atom is -0.361 e. The van der Waals surface area contributed by atoms with Gasteiger partial charge in [0.25, 0.3) is 0 Å². The van der Waals surface area contributed by atoms with Crippen molar-refractivity contribution in [2.45, 2.75) is 25.7 Å². The summed E-state index contributed by atoms with van der Waals surface area (Å²) in [5.41, 5.74) is 2.32. The van der Waals surface area contributed by atoms with Crippen LogP contribution >= 0.6 is 11.6 Å². The van der Waals surface area contributed by atoms with Crippen LogP contribution in [-0.2, 0) is 10.0 Å². The first kappa shape index (κ1) is 14.9. The third kappa shape index (κ3) is 2.82. The van der Waals surface area contributed by atoms with Crippen LogP contribution in [0, 0.1) is 0 Å². The number of fused-ring (bicyclic) bond motifs is 1. The lowest BCUT2D eigenvalue weighted by molar-refractivity contribution is 0.321. The maximum Gasteiger partial charge on any atom is 0.213 e. The van der Waals surface area contributed by atoms with Gasteiger partial charge in [0.05, 0.1) is 5.75 Å². The van der Waals surface area contributed by atoms with E-state index in [0.717, 1.165) is 23.4 Å². The van der Waals surface area contributed by atoms with E-state index >= 15 is 0 Å². The molecule has 1 aliphatic rings. The van der Waals surface area contributed by atoms with Crippen LogP contribution in [0.15, 0.2) is 24.4 Å². The Morgan fingerprint density at radius 1 is 1.33 bits per heavy atom. The molecule has 2 aromatic rings. The molecule has 0 radical (unpaired) electrons. The van der Waals surface area contributed by atoms with Crippen molar-refractivity contribution >= 4 is 32.5 Å². The van der Waals surface area contributed by atoms with Crippen LogP contribution in [0.5, 0.6) is 0 Å². The average molecular weight is 327 g/mol. The predicted octanol–water partition coefficient (Wildman–Crippen LogP) is 3.35. The Labute approximate surface area is 130 Å². The summed E-state index contributed by atoms with van der Waals surface area (Å²) in [7, 11) is -3.05. The summed E-state index contributed by atoms with van der Waals surface area (Å²) in [5, 5.41) is 1.91. The average Bonchev–Trinajstić information content (AvgIpc) is 2.90. The Morgan fingerprint density at radius 2 is 2.05 bits per heavy atom. The highest BCUT2D eigenvalue weighted by atomic mass is 35.5. The monoisotopic (exact) mass is 326 g/mol. The highest BCUT2D eigenvalue weighted by molar-refractivity contribution is 7.89. The highest BCUT2D eigenvalue weighted by Gasteiger charge is 2.28. The van der Waals surface area contributed by atoms with Crippen LogP contribution in [-0.4, -0.2) is 36.5 Å². The number of H-pyrrole nitrogens is 1. The molecule has 1 saturated heterocycles. The number of nitrogens with one attached hydrogen (secondary N) is 1. The minimum atomic E-state index is -3.05. The number of halogens is 1. The second kappa shape index (κ2) is 5.63. The molecule has 21 heavy (non-hydrogen) atoms. The van der Waals surface area contributed by atoms with Crippen LogP contribution in [0.4, 0.5) is 0 Å². The molecule has 1 aromatic carbocycles. The molecule has 6 heteroatoms. The van der Waals surface area contributed by atoms with E-state index in [2.05, 4.69) is 4.98 Å². The van der Waals surface area contributed by atoms with Crippen LogP contribution in [0.2, 0.25) is 5.02 Å². The molecule has 2 heterocycles. The van der Waals surface area contributed by atoms with Gasteiger partial charge in [-0.05, 0) is 43.4 Å². The second-order valence-electron chi connectivity index (χ2n) is 5.51. The SMILES string of the molecule is CCS(=O)(=O)N1CCC(c2c[nH]c3cc(Cl)ccc23)CC1. The molecule has 0 unspecified atom stereocenters. The fourth-order valence-corrected chi connectivity index (χ4v) is 4.39. The zero-order valence-corrected chi connectivity index (χ0v) is 13.5. The Morgan fingerprint density at radius 3 is 2.71 bits per heavy atom. The summed E-state index contributed by atoms with van der Waals surface area (Å²) in [6, 6.07) is 5.87. The molecular weight excluding hydrogens is 308 g/mol. The van der Waals surface area contributed by atoms with Crippen molar-refractivity contribution < 1.29 is 8.42 Å². The van der Waals surface area contributed by atoms with E-state index in [-0.39, 0.29) is 5.75 Å². The third-order valence-electron chi connectivity index (χ3n) is 4.33. The summed E-state index contributed by atoms with van der Waals surface area (Å²) < 4.78 is 25.4. The molecule has 0 bridgehead atoms. The maximum atomic E-state index is 11.9. The minimum absolute atomic E-state index is 0.184. The van der Waals surface area contributed by atoms with Crippen molar-refractivity contribution in [1.29, 1.82) is 0 Å². The molecular formula is C15H19ClN2O2S. The number of nitrogens with zero attached hydrogens (tertiary/aromatic N) is 1. The topological polar surface area (TPSA) is 53.2 Å².